The first-order valence-corrected chi connectivity index (χ1v) is 10.9. The molecule has 1 aromatic heterocycles. The van der Waals surface area contributed by atoms with Crippen LogP contribution in [0.25, 0.3) is 5.76 Å². The molecular formula is C25H23NO5S. The highest BCUT2D eigenvalue weighted by Gasteiger charge is 2.48. The monoisotopic (exact) mass is 449 g/mol. The smallest absolute Gasteiger partial charge is 0.300 e. The maximum Gasteiger partial charge on any atom is 0.300 e. The van der Waals surface area contributed by atoms with Gasteiger partial charge in [-0.2, -0.15) is 0 Å². The second-order valence-electron chi connectivity index (χ2n) is 7.52. The number of aliphatic hydroxyl groups excluding tert-OH is 1. The fourth-order valence-electron chi connectivity index (χ4n) is 3.93. The van der Waals surface area contributed by atoms with E-state index < -0.39 is 17.7 Å². The topological polar surface area (TPSA) is 76.1 Å². The lowest BCUT2D eigenvalue weighted by atomic mass is 9.96. The fraction of sp³-hybridized carbons (Fsp3) is 0.200. The van der Waals surface area contributed by atoms with Crippen LogP contribution in [-0.4, -0.2) is 31.0 Å². The van der Waals surface area contributed by atoms with Crippen LogP contribution in [-0.2, 0) is 9.59 Å². The number of aliphatic hydroxyl groups is 1. The van der Waals surface area contributed by atoms with Gasteiger partial charge in [0.1, 0.15) is 23.3 Å². The predicted octanol–water partition coefficient (Wildman–Crippen LogP) is 5.01. The van der Waals surface area contributed by atoms with Crippen LogP contribution in [0, 0.1) is 13.8 Å². The molecule has 3 aromatic rings. The van der Waals surface area contributed by atoms with Crippen molar-refractivity contribution >= 4 is 34.5 Å². The molecule has 164 valence electrons. The highest BCUT2D eigenvalue weighted by molar-refractivity contribution is 7.10. The molecule has 0 radical (unpaired) electrons. The third-order valence-corrected chi connectivity index (χ3v) is 6.71. The van der Waals surface area contributed by atoms with Gasteiger partial charge in [0.25, 0.3) is 11.7 Å². The number of carbonyl (C=O) groups excluding carboxylic acids is 2. The van der Waals surface area contributed by atoms with Crippen LogP contribution in [0.15, 0.2) is 59.5 Å². The van der Waals surface area contributed by atoms with Crippen LogP contribution in [0.5, 0.6) is 11.5 Å². The number of anilines is 1. The average Bonchev–Trinajstić information content (AvgIpc) is 3.33. The fourth-order valence-corrected chi connectivity index (χ4v) is 4.95. The molecule has 1 saturated heterocycles. The van der Waals surface area contributed by atoms with Crippen LogP contribution in [0.2, 0.25) is 0 Å². The van der Waals surface area contributed by atoms with Gasteiger partial charge in [0.05, 0.1) is 19.8 Å². The number of hydrogen-bond donors (Lipinski definition) is 1. The lowest BCUT2D eigenvalue weighted by molar-refractivity contribution is -0.132. The molecule has 1 fully saturated rings. The Bertz CT molecular complexity index is 1230. The lowest BCUT2D eigenvalue weighted by Crippen LogP contribution is -2.29. The van der Waals surface area contributed by atoms with Gasteiger partial charge < -0.3 is 14.6 Å². The zero-order valence-electron chi connectivity index (χ0n) is 18.2. The number of rotatable bonds is 5. The number of amides is 1. The van der Waals surface area contributed by atoms with E-state index in [9.17, 15) is 14.7 Å². The van der Waals surface area contributed by atoms with Gasteiger partial charge >= 0.3 is 0 Å². The number of ketones is 1. The van der Waals surface area contributed by atoms with E-state index in [1.807, 2.05) is 25.3 Å². The van der Waals surface area contributed by atoms with Gasteiger partial charge in [0, 0.05) is 16.1 Å². The minimum atomic E-state index is -0.732. The second kappa shape index (κ2) is 8.51. The van der Waals surface area contributed by atoms with Gasteiger partial charge in [0.15, 0.2) is 0 Å². The van der Waals surface area contributed by atoms with Gasteiger partial charge in [0.2, 0.25) is 0 Å². The number of Topliss-reactive ketones (excluding diaryl/α,β-unsaturated/α-hetero) is 1. The Morgan fingerprint density at radius 3 is 2.16 bits per heavy atom. The van der Waals surface area contributed by atoms with Crippen molar-refractivity contribution in [2.45, 2.75) is 19.9 Å². The number of nitrogens with zero attached hydrogens (tertiary/aromatic N) is 1. The van der Waals surface area contributed by atoms with Crippen LogP contribution in [0.4, 0.5) is 5.69 Å². The number of aryl methyl sites for hydroxylation is 2. The summed E-state index contributed by atoms with van der Waals surface area (Å²) in [6, 6.07) is 13.3. The van der Waals surface area contributed by atoms with Gasteiger partial charge in [-0.25, -0.2) is 0 Å². The Labute approximate surface area is 190 Å². The summed E-state index contributed by atoms with van der Waals surface area (Å²) in [6.07, 6.45) is 0. The summed E-state index contributed by atoms with van der Waals surface area (Å²) in [5.74, 6) is -0.309. The first-order valence-electron chi connectivity index (χ1n) is 10.0. The summed E-state index contributed by atoms with van der Waals surface area (Å²) in [5.41, 5.74) is 2.79. The van der Waals surface area contributed by atoms with E-state index in [0.29, 0.717) is 22.7 Å². The number of thiophene rings is 1. The van der Waals surface area contributed by atoms with Gasteiger partial charge in [-0.05, 0) is 78.9 Å². The van der Waals surface area contributed by atoms with E-state index in [0.717, 1.165) is 16.0 Å². The van der Waals surface area contributed by atoms with Crippen molar-refractivity contribution < 1.29 is 24.2 Å². The Kier molecular flexibility index (Phi) is 5.76. The standard InChI is InChI=1S/C25H23NO5S/c1-14-11-12-32-24(14)21-20(22(27)19-10-9-18(31-4)13-15(19)2)23(28)25(29)26(21)16-5-7-17(30-3)8-6-16/h5-13,21,27H,1-4H3/b22-20+. The lowest BCUT2D eigenvalue weighted by Gasteiger charge is -2.25. The molecule has 1 aliphatic heterocycles. The number of carbonyl (C=O) groups is 2. The summed E-state index contributed by atoms with van der Waals surface area (Å²) in [4.78, 5) is 28.7. The van der Waals surface area contributed by atoms with E-state index in [1.165, 1.54) is 16.2 Å². The van der Waals surface area contributed by atoms with Crippen LogP contribution in [0.1, 0.15) is 27.6 Å². The van der Waals surface area contributed by atoms with E-state index in [2.05, 4.69) is 0 Å². The van der Waals surface area contributed by atoms with Crippen molar-refractivity contribution in [2.75, 3.05) is 19.1 Å². The Balaban J connectivity index is 1.93. The second-order valence-corrected chi connectivity index (χ2v) is 8.46. The van der Waals surface area contributed by atoms with Gasteiger partial charge in [-0.15, -0.1) is 11.3 Å². The first kappa shape index (κ1) is 21.6. The third-order valence-electron chi connectivity index (χ3n) is 5.63. The first-order chi connectivity index (χ1) is 15.4. The van der Waals surface area contributed by atoms with E-state index in [-0.39, 0.29) is 11.3 Å². The van der Waals surface area contributed by atoms with Crippen LogP contribution >= 0.6 is 11.3 Å². The Morgan fingerprint density at radius 2 is 1.59 bits per heavy atom. The molecule has 1 amide bonds. The SMILES string of the molecule is COc1ccc(N2C(=O)C(=O)/C(=C(/O)c3ccc(OC)cc3C)C2c2sccc2C)cc1. The largest absolute Gasteiger partial charge is 0.507 e. The Hall–Kier alpha value is -3.58. The van der Waals surface area contributed by atoms with Crippen molar-refractivity contribution in [3.63, 3.8) is 0 Å². The zero-order valence-corrected chi connectivity index (χ0v) is 19.0. The molecule has 32 heavy (non-hydrogen) atoms. The molecule has 6 nitrogen and oxygen atoms in total. The molecule has 4 rings (SSSR count). The third kappa shape index (κ3) is 3.54. The Morgan fingerprint density at radius 1 is 0.938 bits per heavy atom. The normalized spacial score (nSPS) is 17.6. The molecule has 0 aliphatic carbocycles. The molecule has 0 bridgehead atoms. The maximum absolute atomic E-state index is 13.2. The van der Waals surface area contributed by atoms with E-state index in [1.54, 1.807) is 56.7 Å². The molecule has 1 N–H and O–H groups in total. The number of hydrogen-bond acceptors (Lipinski definition) is 6. The summed E-state index contributed by atoms with van der Waals surface area (Å²) < 4.78 is 10.5. The van der Waals surface area contributed by atoms with Gasteiger partial charge in [-0.3, -0.25) is 14.5 Å². The molecule has 1 aliphatic rings. The van der Waals surface area contributed by atoms with E-state index >= 15 is 0 Å². The number of benzene rings is 2. The van der Waals surface area contributed by atoms with E-state index in [4.69, 9.17) is 9.47 Å². The molecule has 1 atom stereocenters. The van der Waals surface area contributed by atoms with Crippen molar-refractivity contribution in [1.29, 1.82) is 0 Å². The molecule has 1 unspecified atom stereocenters. The molecule has 0 saturated carbocycles. The summed E-state index contributed by atoms with van der Waals surface area (Å²) in [6.45, 7) is 3.75. The average molecular weight is 450 g/mol. The van der Waals surface area contributed by atoms with Crippen molar-refractivity contribution in [3.8, 4) is 11.5 Å². The molecule has 2 heterocycles. The summed E-state index contributed by atoms with van der Waals surface area (Å²) >= 11 is 1.45. The quantitative estimate of drug-likeness (QED) is 0.337. The van der Waals surface area contributed by atoms with Crippen molar-refractivity contribution in [2.24, 2.45) is 0 Å². The number of ether oxygens (including phenoxy) is 2. The molecular weight excluding hydrogens is 426 g/mol. The predicted molar refractivity (Wildman–Crippen MR) is 125 cm³/mol. The molecule has 0 spiro atoms. The molecule has 2 aromatic carbocycles. The van der Waals surface area contributed by atoms with Crippen LogP contribution in [0.3, 0.4) is 0 Å². The van der Waals surface area contributed by atoms with Crippen molar-refractivity contribution in [1.82, 2.24) is 0 Å². The van der Waals surface area contributed by atoms with Gasteiger partial charge in [-0.1, -0.05) is 0 Å². The molecule has 7 heteroatoms. The summed E-state index contributed by atoms with van der Waals surface area (Å²) in [5, 5.41) is 13.2. The maximum atomic E-state index is 13.2. The minimum absolute atomic E-state index is 0.0737. The summed E-state index contributed by atoms with van der Waals surface area (Å²) in [7, 11) is 3.13. The van der Waals surface area contributed by atoms with Crippen LogP contribution < -0.4 is 14.4 Å². The zero-order chi connectivity index (χ0) is 23.0. The van der Waals surface area contributed by atoms with Crippen molar-refractivity contribution in [3.05, 3.63) is 81.1 Å². The minimum Gasteiger partial charge on any atom is -0.507 e. The number of methoxy groups -OCH3 is 2. The highest BCUT2D eigenvalue weighted by Crippen LogP contribution is 2.45. The highest BCUT2D eigenvalue weighted by atomic mass is 32.1.